The maximum absolute atomic E-state index is 12.5. The van der Waals surface area contributed by atoms with Crippen LogP contribution >= 0.6 is 0 Å². The van der Waals surface area contributed by atoms with Gasteiger partial charge in [0.15, 0.2) is 49.4 Å². The fraction of sp³-hybridized carbons (Fsp3) is 0.885. The number of carbonyl (C=O) groups is 1. The Bertz CT molecular complexity index is 893. The molecule has 0 bridgehead atoms. The predicted octanol–water partition coefficient (Wildman–Crippen LogP) is 4.41. The van der Waals surface area contributed by atoms with Gasteiger partial charge in [-0.3, -0.25) is 0 Å². The van der Waals surface area contributed by atoms with Crippen molar-refractivity contribution in [3.05, 3.63) is 12.2 Å². The normalized spacial score (nSPS) is 17.0. The van der Waals surface area contributed by atoms with Crippen molar-refractivity contribution in [2.45, 2.75) is 143 Å². The number of carbonyl (C=O) groups excluding carboxylic acids is 1. The van der Waals surface area contributed by atoms with E-state index in [-0.39, 0.29) is 5.97 Å². The summed E-state index contributed by atoms with van der Waals surface area (Å²) >= 11 is 0. The van der Waals surface area contributed by atoms with Crippen molar-refractivity contribution in [3.8, 4) is 0 Å². The first-order valence-corrected chi connectivity index (χ1v) is 47.3. The summed E-state index contributed by atoms with van der Waals surface area (Å²) in [6, 6.07) is 0.847. The smallest absolute Gasteiger partial charge is 0.333 e. The van der Waals surface area contributed by atoms with Gasteiger partial charge in [0.05, 0.1) is 6.61 Å². The first-order valence-electron chi connectivity index (χ1n) is 16.6. The Morgan fingerprint density at radius 2 is 0.957 bits per heavy atom. The fourth-order valence-electron chi connectivity index (χ4n) is 5.76. The molecule has 0 aromatic carbocycles. The van der Waals surface area contributed by atoms with Crippen LogP contribution in [0.4, 0.5) is 0 Å². The Balaban J connectivity index is 8.03. The lowest BCUT2D eigenvalue weighted by Gasteiger charge is -2.55. The standard InChI is InChI=1S/C26H72O9Si11/c1-23(2)24(27)28-21-20-22-46(45(18,19)35-44(15,16)17,38(33-36)25(29-40(3,4)5)30-41(6,7)8)39(34-37)26(31-42(9,10)11)32-43(12,13)14/h25-26,38-39H,1,20-22H2,2-19,36-37H3. The van der Waals surface area contributed by atoms with Crippen molar-refractivity contribution in [1.29, 1.82) is 0 Å². The van der Waals surface area contributed by atoms with E-state index >= 15 is 0 Å². The maximum Gasteiger partial charge on any atom is 0.333 e. The molecule has 9 nitrogen and oxygen atoms in total. The number of hydrogen-bond acceptors (Lipinski definition) is 9. The monoisotopic (exact) mass is 836 g/mol. The van der Waals surface area contributed by atoms with E-state index in [4.69, 9.17) is 34.8 Å². The molecule has 0 aliphatic heterocycles. The lowest BCUT2D eigenvalue weighted by molar-refractivity contribution is -0.138. The first-order chi connectivity index (χ1) is 20.3. The van der Waals surface area contributed by atoms with E-state index in [9.17, 15) is 4.79 Å². The van der Waals surface area contributed by atoms with Crippen LogP contribution in [-0.4, -0.2) is 119 Å². The van der Waals surface area contributed by atoms with E-state index < -0.39 is 85.0 Å². The highest BCUT2D eigenvalue weighted by atomic mass is 29.9. The van der Waals surface area contributed by atoms with E-state index in [2.05, 4.69) is 118 Å². The molecular weight excluding hydrogens is 765 g/mol. The molecule has 0 saturated heterocycles. The third kappa shape index (κ3) is 17.0. The second-order valence-corrected chi connectivity index (χ2v) is 74.2. The van der Waals surface area contributed by atoms with Crippen molar-refractivity contribution in [2.75, 3.05) is 6.61 Å². The topological polar surface area (TPSA) is 90.9 Å². The highest BCUT2D eigenvalue weighted by Gasteiger charge is 2.68. The summed E-state index contributed by atoms with van der Waals surface area (Å²) in [6.45, 7) is 41.5. The summed E-state index contributed by atoms with van der Waals surface area (Å²) in [5.41, 5.74) is 0.407. The van der Waals surface area contributed by atoms with Gasteiger partial charge < -0.3 is 34.8 Å². The van der Waals surface area contributed by atoms with Crippen LogP contribution in [0.5, 0.6) is 0 Å². The molecule has 20 heteroatoms. The molecule has 0 spiro atoms. The van der Waals surface area contributed by atoms with E-state index in [1.165, 1.54) is 0 Å². The quantitative estimate of drug-likeness (QED) is 0.0518. The summed E-state index contributed by atoms with van der Waals surface area (Å²) < 4.78 is 55.6. The minimum atomic E-state index is -2.79. The van der Waals surface area contributed by atoms with Gasteiger partial charge in [-0.15, -0.1) is 0 Å². The minimum Gasteiger partial charge on any atom is -0.464 e. The number of ether oxygens (including phenoxy) is 1. The largest absolute Gasteiger partial charge is 0.464 e. The third-order valence-corrected chi connectivity index (χ3v) is 72.9. The molecule has 46 heavy (non-hydrogen) atoms. The van der Waals surface area contributed by atoms with Crippen molar-refractivity contribution >= 4 is 100 Å². The van der Waals surface area contributed by atoms with Crippen molar-refractivity contribution in [2.24, 2.45) is 0 Å². The highest BCUT2D eigenvalue weighted by molar-refractivity contribution is 7.82. The summed E-state index contributed by atoms with van der Waals surface area (Å²) in [7, 11) is -16.6. The van der Waals surface area contributed by atoms with Crippen LogP contribution in [0.25, 0.3) is 0 Å². The Morgan fingerprint density at radius 1 is 0.630 bits per heavy atom. The molecule has 0 radical (unpaired) electrons. The highest BCUT2D eigenvalue weighted by Crippen LogP contribution is 2.39. The molecule has 0 fully saturated rings. The van der Waals surface area contributed by atoms with Gasteiger partial charge in [-0.1, -0.05) is 12.6 Å². The second-order valence-electron chi connectivity index (χ2n) is 17.8. The van der Waals surface area contributed by atoms with Gasteiger partial charge in [-0.2, -0.15) is 0 Å². The van der Waals surface area contributed by atoms with E-state index in [1.54, 1.807) is 6.92 Å². The Morgan fingerprint density at radius 3 is 1.20 bits per heavy atom. The Hall–Kier alpha value is 1.32. The summed E-state index contributed by atoms with van der Waals surface area (Å²) in [4.78, 5) is 12.5. The molecule has 0 saturated carbocycles. The average Bonchev–Trinajstić information content (AvgIpc) is 2.75. The van der Waals surface area contributed by atoms with Gasteiger partial charge in [-0.05, 0) is 125 Å². The number of esters is 1. The average molecular weight is 838 g/mol. The van der Waals surface area contributed by atoms with E-state index in [1.807, 2.05) is 0 Å². The molecule has 0 heterocycles. The molecule has 2 atom stereocenters. The zero-order valence-electron chi connectivity index (χ0n) is 33.3. The van der Waals surface area contributed by atoms with Crippen molar-refractivity contribution in [1.82, 2.24) is 0 Å². The predicted molar refractivity (Wildman–Crippen MR) is 225 cm³/mol. The molecule has 274 valence electrons. The van der Waals surface area contributed by atoms with Gasteiger partial charge in [0, 0.05) is 5.57 Å². The van der Waals surface area contributed by atoms with E-state index in [0.717, 1.165) is 6.04 Å². The SMILES string of the molecule is C=C(C)C(=O)OCCC[Si]([SiH](O[SiH3])C(O[Si](C)(C)C)O[Si](C)(C)C)([SiH](O[SiH3])C(O[Si](C)(C)C)O[Si](C)(C)C)[Si](C)(C)O[Si](C)(C)C. The molecule has 0 aromatic rings. The van der Waals surface area contributed by atoms with Gasteiger partial charge in [0.2, 0.25) is 17.1 Å². The molecule has 0 amide bonds. The molecule has 0 aromatic heterocycles. The second kappa shape index (κ2) is 18.2. The van der Waals surface area contributed by atoms with Crippen LogP contribution in [0.3, 0.4) is 0 Å². The van der Waals surface area contributed by atoms with Crippen LogP contribution in [0, 0.1) is 0 Å². The molecule has 0 N–H and O–H groups in total. The summed E-state index contributed by atoms with van der Waals surface area (Å²) in [5, 5.41) is 0. The zero-order chi connectivity index (χ0) is 36.7. The lowest BCUT2D eigenvalue weighted by Crippen LogP contribution is -2.85. The minimum absolute atomic E-state index is 0.311. The van der Waals surface area contributed by atoms with Gasteiger partial charge in [0.1, 0.15) is 39.4 Å². The summed E-state index contributed by atoms with van der Waals surface area (Å²) in [5.74, 6) is -1.15. The van der Waals surface area contributed by atoms with Gasteiger partial charge in [0.25, 0.3) is 0 Å². The van der Waals surface area contributed by atoms with Gasteiger partial charge in [-0.25, -0.2) is 4.79 Å². The molecule has 0 aliphatic carbocycles. The molecule has 2 unspecified atom stereocenters. The van der Waals surface area contributed by atoms with E-state index in [0.29, 0.717) is 39.6 Å². The third-order valence-electron chi connectivity index (χ3n) is 6.90. The zero-order valence-corrected chi connectivity index (χ0v) is 46.6. The van der Waals surface area contributed by atoms with Crippen molar-refractivity contribution in [3.63, 3.8) is 0 Å². The fourth-order valence-corrected chi connectivity index (χ4v) is 97.6. The van der Waals surface area contributed by atoms with Crippen LogP contribution < -0.4 is 0 Å². The summed E-state index contributed by atoms with van der Waals surface area (Å²) in [6.07, 6.45) is 0.693. The molecule has 0 rings (SSSR count). The van der Waals surface area contributed by atoms with Gasteiger partial charge >= 0.3 is 5.97 Å². The maximum atomic E-state index is 12.5. The van der Waals surface area contributed by atoms with Crippen molar-refractivity contribution < 1.29 is 39.6 Å². The molecule has 0 aliphatic rings. The van der Waals surface area contributed by atoms with Crippen LogP contribution in [-0.2, 0) is 39.6 Å². The first kappa shape index (κ1) is 47.3. The number of rotatable bonds is 22. The van der Waals surface area contributed by atoms with Crippen LogP contribution in [0.1, 0.15) is 13.3 Å². The molecular formula is C26H72O9Si11. The van der Waals surface area contributed by atoms with Crippen LogP contribution in [0.2, 0.25) is 117 Å². The Labute approximate surface area is 299 Å². The Kier molecular flexibility index (Phi) is 18.7. The lowest BCUT2D eigenvalue weighted by atomic mass is 10.4. The number of hydrogen-bond donors (Lipinski definition) is 0. The van der Waals surface area contributed by atoms with Crippen LogP contribution in [0.15, 0.2) is 12.2 Å².